The van der Waals surface area contributed by atoms with Crippen molar-refractivity contribution >= 4 is 17.7 Å². The number of carbonyl (C=O) groups excluding carboxylic acids is 1. The molecule has 0 aliphatic carbocycles. The third-order valence-corrected chi connectivity index (χ3v) is 5.25. The number of hydrogen-bond donors (Lipinski definition) is 1. The van der Waals surface area contributed by atoms with Gasteiger partial charge in [0.15, 0.2) is 28.7 Å². The Kier molecular flexibility index (Phi) is 7.77. The lowest BCUT2D eigenvalue weighted by molar-refractivity contribution is -0.118. The molecule has 1 aromatic heterocycles. The van der Waals surface area contributed by atoms with Gasteiger partial charge in [0, 0.05) is 19.2 Å². The van der Waals surface area contributed by atoms with Crippen LogP contribution in [0.1, 0.15) is 24.4 Å². The summed E-state index contributed by atoms with van der Waals surface area (Å²) in [6.45, 7) is 6.25. The molecule has 0 saturated heterocycles. The summed E-state index contributed by atoms with van der Waals surface area (Å²) < 4.78 is 34.4. The fraction of sp³-hybridized carbons (Fsp3) is 0.227. The minimum Gasteiger partial charge on any atom is -0.480 e. The fourth-order valence-corrected chi connectivity index (χ4v) is 3.58. The summed E-state index contributed by atoms with van der Waals surface area (Å²) in [4.78, 5) is 12.2. The smallest absolute Gasteiger partial charge is 0.230 e. The van der Waals surface area contributed by atoms with Crippen molar-refractivity contribution in [2.75, 3.05) is 5.75 Å². The number of carbonyl (C=O) groups is 1. The van der Waals surface area contributed by atoms with E-state index in [-0.39, 0.29) is 17.4 Å². The molecule has 1 amide bonds. The highest BCUT2D eigenvalue weighted by Gasteiger charge is 2.21. The zero-order valence-corrected chi connectivity index (χ0v) is 17.7. The quantitative estimate of drug-likeness (QED) is 0.373. The van der Waals surface area contributed by atoms with Crippen molar-refractivity contribution in [1.82, 2.24) is 20.1 Å². The van der Waals surface area contributed by atoms with Crippen LogP contribution in [0.15, 0.2) is 66.3 Å². The van der Waals surface area contributed by atoms with Crippen molar-refractivity contribution in [3.8, 4) is 5.75 Å². The third-order valence-electron chi connectivity index (χ3n) is 4.28. The molecular weight excluding hydrogens is 422 g/mol. The van der Waals surface area contributed by atoms with Gasteiger partial charge >= 0.3 is 0 Å². The predicted octanol–water partition coefficient (Wildman–Crippen LogP) is 4.29. The average Bonchev–Trinajstić information content (AvgIpc) is 3.16. The van der Waals surface area contributed by atoms with Crippen molar-refractivity contribution < 1.29 is 18.3 Å². The molecule has 9 heteroatoms. The standard InChI is InChI=1S/C22H22F2N4O2S/c1-3-11-28-21(15(2)30-19-10-9-17(23)12-18(19)24)26-27-22(28)31-14-20(29)25-13-16-7-5-4-6-8-16/h3-10,12,15H,1,11,13-14H2,2H3,(H,25,29). The molecule has 0 aliphatic heterocycles. The molecule has 3 rings (SSSR count). The molecule has 0 fully saturated rings. The Labute approximate surface area is 183 Å². The minimum absolute atomic E-state index is 0.0865. The Hall–Kier alpha value is -3.20. The van der Waals surface area contributed by atoms with Gasteiger partial charge in [0.25, 0.3) is 0 Å². The lowest BCUT2D eigenvalue weighted by Gasteiger charge is -2.16. The minimum atomic E-state index is -0.800. The highest BCUT2D eigenvalue weighted by molar-refractivity contribution is 7.99. The van der Waals surface area contributed by atoms with E-state index in [4.69, 9.17) is 4.74 Å². The molecule has 1 atom stereocenters. The molecule has 1 unspecified atom stereocenters. The summed E-state index contributed by atoms with van der Waals surface area (Å²) in [6, 6.07) is 12.7. The average molecular weight is 445 g/mol. The number of aromatic nitrogens is 3. The second-order valence-corrected chi connectivity index (χ2v) is 7.57. The monoisotopic (exact) mass is 444 g/mol. The van der Waals surface area contributed by atoms with Crippen LogP contribution in [0.4, 0.5) is 8.78 Å². The predicted molar refractivity (Wildman–Crippen MR) is 115 cm³/mol. The normalized spacial score (nSPS) is 11.7. The van der Waals surface area contributed by atoms with Gasteiger partial charge < -0.3 is 10.1 Å². The largest absolute Gasteiger partial charge is 0.480 e. The summed E-state index contributed by atoms with van der Waals surface area (Å²) in [5, 5.41) is 11.7. The Morgan fingerprint density at radius 2 is 2.03 bits per heavy atom. The molecule has 0 aliphatic rings. The first-order valence-electron chi connectivity index (χ1n) is 9.57. The first-order valence-corrected chi connectivity index (χ1v) is 10.6. The number of hydrogen-bond acceptors (Lipinski definition) is 5. The Morgan fingerprint density at radius 1 is 1.26 bits per heavy atom. The van der Waals surface area contributed by atoms with Gasteiger partial charge in [0.2, 0.25) is 5.91 Å². The van der Waals surface area contributed by atoms with Crippen LogP contribution < -0.4 is 10.1 Å². The Balaban J connectivity index is 1.63. The lowest BCUT2D eigenvalue weighted by atomic mass is 10.2. The van der Waals surface area contributed by atoms with Gasteiger partial charge in [-0.1, -0.05) is 48.2 Å². The van der Waals surface area contributed by atoms with E-state index in [0.29, 0.717) is 24.1 Å². The van der Waals surface area contributed by atoms with Gasteiger partial charge in [-0.05, 0) is 24.6 Å². The molecule has 162 valence electrons. The number of rotatable bonds is 10. The number of nitrogens with zero attached hydrogens (tertiary/aromatic N) is 3. The van der Waals surface area contributed by atoms with E-state index in [0.717, 1.165) is 17.7 Å². The zero-order chi connectivity index (χ0) is 22.2. The highest BCUT2D eigenvalue weighted by Crippen LogP contribution is 2.26. The van der Waals surface area contributed by atoms with Crippen LogP contribution in [0.3, 0.4) is 0 Å². The van der Waals surface area contributed by atoms with Crippen LogP contribution in [0, 0.1) is 11.6 Å². The number of thioether (sulfide) groups is 1. The molecule has 0 radical (unpaired) electrons. The molecular formula is C22H22F2N4O2S. The van der Waals surface area contributed by atoms with E-state index < -0.39 is 17.7 Å². The van der Waals surface area contributed by atoms with Gasteiger partial charge in [-0.25, -0.2) is 8.78 Å². The molecule has 0 spiro atoms. The van der Waals surface area contributed by atoms with Crippen molar-refractivity contribution in [2.45, 2.75) is 31.3 Å². The molecule has 0 bridgehead atoms. The van der Waals surface area contributed by atoms with Gasteiger partial charge in [-0.15, -0.1) is 16.8 Å². The third kappa shape index (κ3) is 6.14. The summed E-state index contributed by atoms with van der Waals surface area (Å²) in [7, 11) is 0. The number of ether oxygens (including phenoxy) is 1. The highest BCUT2D eigenvalue weighted by atomic mass is 32.2. The van der Waals surface area contributed by atoms with Crippen molar-refractivity contribution in [1.29, 1.82) is 0 Å². The molecule has 31 heavy (non-hydrogen) atoms. The molecule has 3 aromatic rings. The van der Waals surface area contributed by atoms with Crippen LogP contribution in [0.5, 0.6) is 5.75 Å². The van der Waals surface area contributed by atoms with E-state index in [1.807, 2.05) is 30.3 Å². The van der Waals surface area contributed by atoms with Gasteiger partial charge in [-0.3, -0.25) is 9.36 Å². The van der Waals surface area contributed by atoms with Crippen LogP contribution in [-0.2, 0) is 17.9 Å². The topological polar surface area (TPSA) is 69.0 Å². The molecule has 6 nitrogen and oxygen atoms in total. The number of nitrogens with one attached hydrogen (secondary N) is 1. The summed E-state index contributed by atoms with van der Waals surface area (Å²) >= 11 is 1.23. The van der Waals surface area contributed by atoms with Crippen molar-refractivity contribution in [2.24, 2.45) is 0 Å². The van der Waals surface area contributed by atoms with E-state index in [9.17, 15) is 13.6 Å². The van der Waals surface area contributed by atoms with Gasteiger partial charge in [0.1, 0.15) is 5.82 Å². The first-order chi connectivity index (χ1) is 15.0. The molecule has 2 aromatic carbocycles. The first kappa shape index (κ1) is 22.5. The van der Waals surface area contributed by atoms with Crippen LogP contribution in [0.2, 0.25) is 0 Å². The van der Waals surface area contributed by atoms with E-state index >= 15 is 0 Å². The summed E-state index contributed by atoms with van der Waals surface area (Å²) in [5.74, 6) is -1.11. The van der Waals surface area contributed by atoms with E-state index in [1.165, 1.54) is 17.8 Å². The van der Waals surface area contributed by atoms with Crippen LogP contribution >= 0.6 is 11.8 Å². The van der Waals surface area contributed by atoms with Crippen molar-refractivity contribution in [3.05, 3.63) is 84.2 Å². The number of amides is 1. The van der Waals surface area contributed by atoms with Crippen LogP contribution in [0.25, 0.3) is 0 Å². The van der Waals surface area contributed by atoms with E-state index in [1.54, 1.807) is 17.6 Å². The molecule has 0 saturated carbocycles. The second kappa shape index (κ2) is 10.7. The number of benzene rings is 2. The molecule has 1 heterocycles. The second-order valence-electron chi connectivity index (χ2n) is 6.63. The SMILES string of the molecule is C=CCn1c(SCC(=O)NCc2ccccc2)nnc1C(C)Oc1ccc(F)cc1F. The van der Waals surface area contributed by atoms with Gasteiger partial charge in [0.05, 0.1) is 5.75 Å². The van der Waals surface area contributed by atoms with Crippen LogP contribution in [-0.4, -0.2) is 26.4 Å². The fourth-order valence-electron chi connectivity index (χ4n) is 2.80. The Morgan fingerprint density at radius 3 is 2.74 bits per heavy atom. The zero-order valence-electron chi connectivity index (χ0n) is 16.9. The summed E-state index contributed by atoms with van der Waals surface area (Å²) in [5.41, 5.74) is 1.01. The number of halogens is 2. The summed E-state index contributed by atoms with van der Waals surface area (Å²) in [6.07, 6.45) is 1.01. The maximum atomic E-state index is 13.9. The maximum absolute atomic E-state index is 13.9. The molecule has 1 N–H and O–H groups in total. The Bertz CT molecular complexity index is 1040. The van der Waals surface area contributed by atoms with E-state index in [2.05, 4.69) is 22.1 Å². The van der Waals surface area contributed by atoms with Crippen molar-refractivity contribution in [3.63, 3.8) is 0 Å². The number of allylic oxidation sites excluding steroid dienone is 1. The lowest BCUT2D eigenvalue weighted by Crippen LogP contribution is -2.24. The van der Waals surface area contributed by atoms with Gasteiger partial charge in [-0.2, -0.15) is 0 Å². The maximum Gasteiger partial charge on any atom is 0.230 e.